The number of nitrogens with one attached hydrogen (secondary N) is 3. The number of aromatic nitrogens is 1. The molecule has 1 unspecified atom stereocenters. The van der Waals surface area contributed by atoms with Gasteiger partial charge >= 0.3 is 5.97 Å². The normalized spacial score (nSPS) is 12.9. The highest BCUT2D eigenvalue weighted by atomic mass is 79.9. The summed E-state index contributed by atoms with van der Waals surface area (Å²) >= 11 is 4.10. The van der Waals surface area contributed by atoms with Crippen molar-refractivity contribution in [2.75, 3.05) is 12.4 Å². The van der Waals surface area contributed by atoms with E-state index >= 15 is 0 Å². The summed E-state index contributed by atoms with van der Waals surface area (Å²) in [5.41, 5.74) is 0.365. The molecule has 1 atom stereocenters. The van der Waals surface area contributed by atoms with Gasteiger partial charge in [-0.25, -0.2) is 8.42 Å². The largest absolute Gasteiger partial charge is 0.504 e. The Labute approximate surface area is 177 Å². The quantitative estimate of drug-likeness (QED) is 0.239. The number of sulfonamides is 1. The smallest absolute Gasteiger partial charge is 0.322 e. The summed E-state index contributed by atoms with van der Waals surface area (Å²) in [6.45, 7) is 0. The van der Waals surface area contributed by atoms with Crippen molar-refractivity contribution in [2.24, 2.45) is 0 Å². The average molecular weight is 506 g/mol. The molecule has 10 nitrogen and oxygen atoms in total. The van der Waals surface area contributed by atoms with Crippen molar-refractivity contribution in [1.29, 1.82) is 0 Å². The lowest BCUT2D eigenvalue weighted by Gasteiger charge is -2.15. The molecule has 1 aromatic carbocycles. The molecule has 0 bridgehead atoms. The number of carboxylic acids is 1. The van der Waals surface area contributed by atoms with Crippen LogP contribution in [0.15, 0.2) is 26.2 Å². The van der Waals surface area contributed by atoms with Crippen molar-refractivity contribution < 1.29 is 33.6 Å². The number of fused-ring (bicyclic) bond motifs is 1. The van der Waals surface area contributed by atoms with Crippen molar-refractivity contribution in [2.45, 2.75) is 16.7 Å². The van der Waals surface area contributed by atoms with Crippen LogP contribution < -0.4 is 10.0 Å². The number of benzene rings is 1. The third-order valence-corrected chi connectivity index (χ3v) is 7.79. The fourth-order valence-electron chi connectivity index (χ4n) is 2.84. The van der Waals surface area contributed by atoms with E-state index in [-0.39, 0.29) is 21.5 Å². The van der Waals surface area contributed by atoms with Gasteiger partial charge < -0.3 is 30.7 Å². The predicted molar refractivity (Wildman–Crippen MR) is 110 cm³/mol. The third kappa shape index (κ3) is 3.99. The lowest BCUT2D eigenvalue weighted by atomic mass is 10.0. The first-order valence-electron chi connectivity index (χ1n) is 8.01. The number of rotatable bonds is 7. The highest BCUT2D eigenvalue weighted by Gasteiger charge is 2.29. The van der Waals surface area contributed by atoms with Crippen LogP contribution in [0.2, 0.25) is 0 Å². The van der Waals surface area contributed by atoms with E-state index in [0.717, 1.165) is 17.4 Å². The first-order valence-corrected chi connectivity index (χ1v) is 11.1. The van der Waals surface area contributed by atoms with Gasteiger partial charge in [-0.1, -0.05) is 0 Å². The van der Waals surface area contributed by atoms with Gasteiger partial charge in [0.05, 0.1) is 9.30 Å². The Morgan fingerprint density at radius 1 is 1.28 bits per heavy atom. The molecule has 0 spiro atoms. The molecule has 7 N–H and O–H groups in total. The second kappa shape index (κ2) is 7.74. The van der Waals surface area contributed by atoms with Crippen LogP contribution in [-0.2, 0) is 21.2 Å². The van der Waals surface area contributed by atoms with Crippen LogP contribution in [0.4, 0.5) is 5.82 Å². The Kier molecular flexibility index (Phi) is 5.67. The topological polar surface area (TPSA) is 172 Å². The molecule has 0 aliphatic heterocycles. The van der Waals surface area contributed by atoms with E-state index in [0.29, 0.717) is 15.2 Å². The molecule has 0 radical (unpaired) electrons. The average Bonchev–Trinajstić information content (AvgIpc) is 3.23. The summed E-state index contributed by atoms with van der Waals surface area (Å²) in [4.78, 5) is 14.5. The monoisotopic (exact) mass is 505 g/mol. The fourth-order valence-corrected chi connectivity index (χ4v) is 6.06. The highest BCUT2D eigenvalue weighted by Crippen LogP contribution is 2.43. The van der Waals surface area contributed by atoms with E-state index in [4.69, 9.17) is 0 Å². The molecule has 0 saturated heterocycles. The van der Waals surface area contributed by atoms with Crippen molar-refractivity contribution in [3.63, 3.8) is 0 Å². The van der Waals surface area contributed by atoms with Crippen molar-refractivity contribution in [1.82, 2.24) is 9.71 Å². The lowest BCUT2D eigenvalue weighted by Crippen LogP contribution is -2.42. The number of hydrogen-bond acceptors (Lipinski definition) is 8. The number of aromatic hydroxyl groups is 3. The predicted octanol–water partition coefficient (Wildman–Crippen LogP) is 2.12. The van der Waals surface area contributed by atoms with E-state index in [2.05, 4.69) is 31.0 Å². The molecular formula is C16H16BrN3O7S2. The maximum absolute atomic E-state index is 12.5. The molecule has 2 heterocycles. The van der Waals surface area contributed by atoms with E-state index in [1.165, 1.54) is 19.2 Å². The van der Waals surface area contributed by atoms with Gasteiger partial charge in [-0.15, -0.1) is 11.3 Å². The number of phenolic OH excluding ortho intramolecular Hbond substituents is 3. The second-order valence-electron chi connectivity index (χ2n) is 6.02. The summed E-state index contributed by atoms with van der Waals surface area (Å²) in [7, 11) is -2.56. The van der Waals surface area contributed by atoms with Gasteiger partial charge in [0.1, 0.15) is 16.1 Å². The van der Waals surface area contributed by atoms with Crippen LogP contribution in [0.1, 0.15) is 5.56 Å². The van der Waals surface area contributed by atoms with Crippen molar-refractivity contribution >= 4 is 60.0 Å². The molecule has 0 aliphatic carbocycles. The van der Waals surface area contributed by atoms with E-state index in [1.807, 2.05) is 0 Å². The number of carbonyl (C=O) groups is 1. The number of aliphatic carboxylic acids is 1. The van der Waals surface area contributed by atoms with Crippen LogP contribution in [0.5, 0.6) is 17.2 Å². The van der Waals surface area contributed by atoms with Gasteiger partial charge in [0.25, 0.3) is 10.0 Å². The number of aromatic amines is 1. The first kappa shape index (κ1) is 21.2. The fraction of sp³-hybridized carbons (Fsp3) is 0.188. The molecule has 0 fully saturated rings. The highest BCUT2D eigenvalue weighted by molar-refractivity contribution is 9.11. The standard InChI is InChI=1S/C16H16BrN3O7S2/c1-18-15-7(6-5-9(21)13(22)14(23)12(6)19-15)4-8(16(24)25)20-29(26,27)11-3-2-10(17)28-11/h2-3,5,8,18-23H,4H2,1H3,(H,24,25). The van der Waals surface area contributed by atoms with Crippen LogP contribution >= 0.6 is 27.3 Å². The Balaban J connectivity index is 2.03. The summed E-state index contributed by atoms with van der Waals surface area (Å²) in [6, 6.07) is 2.50. The van der Waals surface area contributed by atoms with Crippen LogP contribution in [0, 0.1) is 0 Å². The van der Waals surface area contributed by atoms with Crippen LogP contribution in [0.3, 0.4) is 0 Å². The van der Waals surface area contributed by atoms with Crippen LogP contribution in [0.25, 0.3) is 10.9 Å². The Hall–Kier alpha value is -2.48. The number of H-pyrrole nitrogens is 1. The van der Waals surface area contributed by atoms with Gasteiger partial charge in [0.2, 0.25) is 5.75 Å². The maximum Gasteiger partial charge on any atom is 0.322 e. The Bertz CT molecular complexity index is 1200. The minimum atomic E-state index is -4.09. The summed E-state index contributed by atoms with van der Waals surface area (Å²) < 4.78 is 27.8. The van der Waals surface area contributed by atoms with Gasteiger partial charge in [-0.05, 0) is 34.1 Å². The molecule has 2 aromatic heterocycles. The molecular weight excluding hydrogens is 490 g/mol. The number of hydrogen-bond donors (Lipinski definition) is 7. The number of halogens is 1. The van der Waals surface area contributed by atoms with E-state index < -0.39 is 39.3 Å². The molecule has 156 valence electrons. The van der Waals surface area contributed by atoms with Crippen molar-refractivity contribution in [3.05, 3.63) is 27.5 Å². The first-order chi connectivity index (χ1) is 13.5. The van der Waals surface area contributed by atoms with Gasteiger partial charge in [-0.2, -0.15) is 4.72 Å². The lowest BCUT2D eigenvalue weighted by molar-refractivity contribution is -0.138. The number of phenols is 3. The minimum absolute atomic E-state index is 0.0522. The third-order valence-electron chi connectivity index (χ3n) is 4.20. The van der Waals surface area contributed by atoms with E-state index in [1.54, 1.807) is 0 Å². The molecule has 0 aliphatic rings. The molecule has 29 heavy (non-hydrogen) atoms. The zero-order valence-corrected chi connectivity index (χ0v) is 17.9. The minimum Gasteiger partial charge on any atom is -0.504 e. The Morgan fingerprint density at radius 2 is 1.97 bits per heavy atom. The zero-order valence-electron chi connectivity index (χ0n) is 14.7. The van der Waals surface area contributed by atoms with Gasteiger partial charge in [0.15, 0.2) is 11.5 Å². The van der Waals surface area contributed by atoms with Crippen LogP contribution in [-0.4, -0.2) is 52.9 Å². The number of carboxylic acid groups (broad SMARTS) is 1. The van der Waals surface area contributed by atoms with Crippen molar-refractivity contribution in [3.8, 4) is 17.2 Å². The SMILES string of the molecule is CNc1[nH]c2c(O)c(O)c(O)cc2c1CC(NS(=O)(=O)c1ccc(Br)s1)C(=O)O. The zero-order chi connectivity index (χ0) is 21.5. The summed E-state index contributed by atoms with van der Waals surface area (Å²) in [5, 5.41) is 42.2. The maximum atomic E-state index is 12.5. The van der Waals surface area contributed by atoms with Gasteiger partial charge in [0, 0.05) is 24.4 Å². The molecule has 0 amide bonds. The molecule has 3 rings (SSSR count). The Morgan fingerprint density at radius 3 is 2.52 bits per heavy atom. The molecule has 0 saturated carbocycles. The molecule has 3 aromatic rings. The summed E-state index contributed by atoms with van der Waals surface area (Å²) in [5.74, 6) is -3.06. The summed E-state index contributed by atoms with van der Waals surface area (Å²) in [6.07, 6.45) is -0.305. The number of anilines is 1. The van der Waals surface area contributed by atoms with Gasteiger partial charge in [-0.3, -0.25) is 4.79 Å². The van der Waals surface area contributed by atoms with E-state index in [9.17, 15) is 33.6 Å². The second-order valence-corrected chi connectivity index (χ2v) is 10.4. The number of thiophene rings is 1. The molecule has 13 heteroatoms.